The molecule has 0 aliphatic carbocycles. The molecule has 11 heavy (non-hydrogen) atoms. The standard InChI is InChI=1S/C8H15N3/c1-3-6-7(4-2)11-8(5-9)10-6/h3-5,9H2,1-2H3,(H,10,11). The first-order valence-corrected chi connectivity index (χ1v) is 4.08. The maximum atomic E-state index is 5.45. The van der Waals surface area contributed by atoms with Crippen LogP contribution in [0.15, 0.2) is 0 Å². The summed E-state index contributed by atoms with van der Waals surface area (Å²) in [4.78, 5) is 7.53. The maximum absolute atomic E-state index is 5.45. The minimum Gasteiger partial charge on any atom is -0.345 e. The number of aryl methyl sites for hydroxylation is 2. The first-order valence-electron chi connectivity index (χ1n) is 4.08. The van der Waals surface area contributed by atoms with Crippen LogP contribution >= 0.6 is 0 Å². The lowest BCUT2D eigenvalue weighted by atomic mass is 10.2. The van der Waals surface area contributed by atoms with E-state index in [0.29, 0.717) is 6.54 Å². The fraction of sp³-hybridized carbons (Fsp3) is 0.625. The van der Waals surface area contributed by atoms with Crippen LogP contribution in [0.5, 0.6) is 0 Å². The number of H-pyrrole nitrogens is 1. The number of nitrogens with zero attached hydrogens (tertiary/aromatic N) is 1. The molecule has 1 rings (SSSR count). The third-order valence-corrected chi connectivity index (χ3v) is 1.80. The molecule has 62 valence electrons. The Balaban J connectivity index is 2.92. The van der Waals surface area contributed by atoms with Gasteiger partial charge in [0, 0.05) is 5.69 Å². The van der Waals surface area contributed by atoms with Gasteiger partial charge in [-0.1, -0.05) is 13.8 Å². The first-order chi connectivity index (χ1) is 5.31. The molecule has 1 aromatic heterocycles. The Bertz CT molecular complexity index is 206. The van der Waals surface area contributed by atoms with Crippen LogP contribution in [0.2, 0.25) is 0 Å². The average molecular weight is 153 g/mol. The van der Waals surface area contributed by atoms with E-state index in [1.165, 1.54) is 5.69 Å². The van der Waals surface area contributed by atoms with Crippen LogP contribution in [-0.2, 0) is 19.4 Å². The van der Waals surface area contributed by atoms with Gasteiger partial charge in [-0.2, -0.15) is 0 Å². The molecule has 1 aromatic rings. The Morgan fingerprint density at radius 1 is 1.36 bits per heavy atom. The second-order valence-electron chi connectivity index (χ2n) is 2.52. The number of nitrogens with two attached hydrogens (primary N) is 1. The molecule has 0 bridgehead atoms. The molecule has 3 N–H and O–H groups in total. The zero-order chi connectivity index (χ0) is 8.27. The average Bonchev–Trinajstić information content (AvgIpc) is 2.46. The molecule has 0 saturated heterocycles. The number of hydrogen-bond acceptors (Lipinski definition) is 2. The zero-order valence-corrected chi connectivity index (χ0v) is 7.15. The maximum Gasteiger partial charge on any atom is 0.120 e. The lowest BCUT2D eigenvalue weighted by Gasteiger charge is -1.91. The van der Waals surface area contributed by atoms with Crippen LogP contribution in [0.25, 0.3) is 0 Å². The Morgan fingerprint density at radius 2 is 2.09 bits per heavy atom. The summed E-state index contributed by atoms with van der Waals surface area (Å²) in [5.74, 6) is 0.902. The highest BCUT2D eigenvalue weighted by atomic mass is 15.0. The van der Waals surface area contributed by atoms with Crippen LogP contribution in [0.3, 0.4) is 0 Å². The number of imidazole rings is 1. The molecule has 3 nitrogen and oxygen atoms in total. The van der Waals surface area contributed by atoms with E-state index >= 15 is 0 Å². The van der Waals surface area contributed by atoms with Crippen molar-refractivity contribution in [3.63, 3.8) is 0 Å². The molecule has 0 aliphatic heterocycles. The van der Waals surface area contributed by atoms with E-state index in [-0.39, 0.29) is 0 Å². The van der Waals surface area contributed by atoms with Gasteiger partial charge in [0.1, 0.15) is 5.82 Å². The third-order valence-electron chi connectivity index (χ3n) is 1.80. The monoisotopic (exact) mass is 153 g/mol. The molecule has 0 radical (unpaired) electrons. The zero-order valence-electron chi connectivity index (χ0n) is 7.15. The lowest BCUT2D eigenvalue weighted by Crippen LogP contribution is -1.98. The quantitative estimate of drug-likeness (QED) is 0.680. The molecule has 1 heterocycles. The summed E-state index contributed by atoms with van der Waals surface area (Å²) in [5.41, 5.74) is 7.84. The molecule has 0 atom stereocenters. The lowest BCUT2D eigenvalue weighted by molar-refractivity contribution is 0.928. The first kappa shape index (κ1) is 8.27. The van der Waals surface area contributed by atoms with Gasteiger partial charge in [-0.15, -0.1) is 0 Å². The van der Waals surface area contributed by atoms with Crippen molar-refractivity contribution in [2.24, 2.45) is 5.73 Å². The highest BCUT2D eigenvalue weighted by Crippen LogP contribution is 2.06. The summed E-state index contributed by atoms with van der Waals surface area (Å²) in [6.45, 7) is 4.73. The summed E-state index contributed by atoms with van der Waals surface area (Å²) in [7, 11) is 0. The van der Waals surface area contributed by atoms with Crippen molar-refractivity contribution in [1.29, 1.82) is 0 Å². The minimum atomic E-state index is 0.507. The Labute approximate surface area is 67.0 Å². The second-order valence-corrected chi connectivity index (χ2v) is 2.52. The molecule has 0 fully saturated rings. The molecular weight excluding hydrogens is 138 g/mol. The Hall–Kier alpha value is -0.830. The van der Waals surface area contributed by atoms with E-state index in [0.717, 1.165) is 24.4 Å². The van der Waals surface area contributed by atoms with Gasteiger partial charge >= 0.3 is 0 Å². The molecule has 0 saturated carbocycles. The van der Waals surface area contributed by atoms with E-state index in [1.807, 2.05) is 0 Å². The van der Waals surface area contributed by atoms with Crippen molar-refractivity contribution in [3.05, 3.63) is 17.2 Å². The van der Waals surface area contributed by atoms with E-state index in [2.05, 4.69) is 23.8 Å². The molecule has 0 amide bonds. The molecular formula is C8H15N3. The number of aromatic amines is 1. The summed E-state index contributed by atoms with van der Waals surface area (Å²) < 4.78 is 0. The summed E-state index contributed by atoms with van der Waals surface area (Å²) in [5, 5.41) is 0. The van der Waals surface area contributed by atoms with Gasteiger partial charge < -0.3 is 10.7 Å². The van der Waals surface area contributed by atoms with Crippen LogP contribution in [0, 0.1) is 0 Å². The van der Waals surface area contributed by atoms with Gasteiger partial charge in [0.15, 0.2) is 0 Å². The van der Waals surface area contributed by atoms with Crippen molar-refractivity contribution in [2.75, 3.05) is 0 Å². The van der Waals surface area contributed by atoms with Gasteiger partial charge in [0.2, 0.25) is 0 Å². The van der Waals surface area contributed by atoms with Crippen molar-refractivity contribution in [3.8, 4) is 0 Å². The summed E-state index contributed by atoms with van der Waals surface area (Å²) in [6.07, 6.45) is 2.00. The van der Waals surface area contributed by atoms with Crippen molar-refractivity contribution in [2.45, 2.75) is 33.2 Å². The van der Waals surface area contributed by atoms with Crippen molar-refractivity contribution in [1.82, 2.24) is 9.97 Å². The van der Waals surface area contributed by atoms with Crippen LogP contribution in [0.4, 0.5) is 0 Å². The van der Waals surface area contributed by atoms with E-state index in [1.54, 1.807) is 0 Å². The number of aromatic nitrogens is 2. The summed E-state index contributed by atoms with van der Waals surface area (Å²) in [6, 6.07) is 0. The normalized spacial score (nSPS) is 10.5. The van der Waals surface area contributed by atoms with Gasteiger partial charge in [-0.25, -0.2) is 4.98 Å². The number of nitrogens with one attached hydrogen (secondary N) is 1. The van der Waals surface area contributed by atoms with Gasteiger partial charge in [-0.05, 0) is 12.8 Å². The predicted molar refractivity (Wildman–Crippen MR) is 45.2 cm³/mol. The third kappa shape index (κ3) is 1.60. The molecule has 0 aromatic carbocycles. The Morgan fingerprint density at radius 3 is 2.45 bits per heavy atom. The van der Waals surface area contributed by atoms with E-state index in [4.69, 9.17) is 5.73 Å². The second kappa shape index (κ2) is 3.53. The number of rotatable bonds is 3. The molecule has 0 aliphatic rings. The van der Waals surface area contributed by atoms with Crippen molar-refractivity contribution >= 4 is 0 Å². The highest BCUT2D eigenvalue weighted by molar-refractivity contribution is 5.14. The molecule has 0 unspecified atom stereocenters. The van der Waals surface area contributed by atoms with E-state index < -0.39 is 0 Å². The highest BCUT2D eigenvalue weighted by Gasteiger charge is 2.04. The fourth-order valence-electron chi connectivity index (χ4n) is 1.19. The largest absolute Gasteiger partial charge is 0.345 e. The smallest absolute Gasteiger partial charge is 0.120 e. The van der Waals surface area contributed by atoms with Gasteiger partial charge in [0.25, 0.3) is 0 Å². The molecule has 3 heteroatoms. The molecule has 0 spiro atoms. The van der Waals surface area contributed by atoms with E-state index in [9.17, 15) is 0 Å². The summed E-state index contributed by atoms with van der Waals surface area (Å²) >= 11 is 0. The van der Waals surface area contributed by atoms with Gasteiger partial charge in [-0.3, -0.25) is 0 Å². The van der Waals surface area contributed by atoms with Crippen LogP contribution in [0.1, 0.15) is 31.1 Å². The van der Waals surface area contributed by atoms with Crippen molar-refractivity contribution < 1.29 is 0 Å². The minimum absolute atomic E-state index is 0.507. The topological polar surface area (TPSA) is 54.7 Å². The SMILES string of the molecule is CCc1nc(CN)[nH]c1CC. The number of hydrogen-bond donors (Lipinski definition) is 2. The Kier molecular flexibility index (Phi) is 2.65. The fourth-order valence-corrected chi connectivity index (χ4v) is 1.19. The van der Waals surface area contributed by atoms with Crippen LogP contribution < -0.4 is 5.73 Å². The predicted octanol–water partition coefficient (Wildman–Crippen LogP) is 0.993. The van der Waals surface area contributed by atoms with Crippen LogP contribution in [-0.4, -0.2) is 9.97 Å². The van der Waals surface area contributed by atoms with Gasteiger partial charge in [0.05, 0.1) is 12.2 Å².